The lowest BCUT2D eigenvalue weighted by atomic mass is 10.1. The first-order valence-electron chi connectivity index (χ1n) is 3.63. The predicted octanol–water partition coefficient (Wildman–Crippen LogP) is 1.63. The maximum absolute atomic E-state index is 5.19. The molecule has 0 saturated carbocycles. The maximum atomic E-state index is 5.19. The van der Waals surface area contributed by atoms with Crippen LogP contribution < -0.4 is 11.3 Å². The quantitative estimate of drug-likeness (QED) is 0.537. The third-order valence-corrected chi connectivity index (χ3v) is 2.15. The molecule has 0 spiro atoms. The second-order valence-electron chi connectivity index (χ2n) is 2.87. The number of nitrogens with zero attached hydrogens (tertiary/aromatic N) is 1. The summed E-state index contributed by atoms with van der Waals surface area (Å²) in [5.41, 5.74) is 2.52. The van der Waals surface area contributed by atoms with E-state index >= 15 is 0 Å². The molecule has 0 aliphatic heterocycles. The van der Waals surface area contributed by atoms with Crippen molar-refractivity contribution >= 4 is 17.2 Å². The number of anilines is 1. The number of aromatic nitrogens is 1. The second kappa shape index (κ2) is 3.69. The van der Waals surface area contributed by atoms with Crippen molar-refractivity contribution < 1.29 is 0 Å². The highest BCUT2D eigenvalue weighted by atomic mass is 32.1. The average molecular weight is 171 g/mol. The van der Waals surface area contributed by atoms with Gasteiger partial charge in [0, 0.05) is 11.8 Å². The number of nitrogen functional groups attached to an aromatic ring is 1. The van der Waals surface area contributed by atoms with E-state index in [0.29, 0.717) is 5.92 Å². The summed E-state index contributed by atoms with van der Waals surface area (Å²) in [4.78, 5) is 4.25. The van der Waals surface area contributed by atoms with Crippen molar-refractivity contribution in [3.05, 3.63) is 10.4 Å². The van der Waals surface area contributed by atoms with Gasteiger partial charge in [-0.3, -0.25) is 0 Å². The fourth-order valence-corrected chi connectivity index (χ4v) is 1.77. The molecule has 62 valence electrons. The van der Waals surface area contributed by atoms with Gasteiger partial charge in [-0.15, -0.1) is 11.3 Å². The molecule has 0 aromatic carbocycles. The number of nitrogens with one attached hydrogen (secondary N) is 1. The van der Waals surface area contributed by atoms with Gasteiger partial charge in [-0.25, -0.2) is 10.8 Å². The van der Waals surface area contributed by atoms with Crippen LogP contribution in [0.1, 0.15) is 18.9 Å². The summed E-state index contributed by atoms with van der Waals surface area (Å²) in [6.07, 6.45) is 1.03. The van der Waals surface area contributed by atoms with Gasteiger partial charge < -0.3 is 5.43 Å². The Morgan fingerprint density at radius 1 is 1.73 bits per heavy atom. The Kier molecular flexibility index (Phi) is 2.84. The van der Waals surface area contributed by atoms with Gasteiger partial charge in [0.15, 0.2) is 5.82 Å². The molecule has 4 heteroatoms. The molecule has 0 radical (unpaired) electrons. The Morgan fingerprint density at radius 3 is 2.91 bits per heavy atom. The molecule has 0 aliphatic carbocycles. The predicted molar refractivity (Wildman–Crippen MR) is 48.5 cm³/mol. The lowest BCUT2D eigenvalue weighted by Crippen LogP contribution is -2.07. The molecule has 0 bridgehead atoms. The van der Waals surface area contributed by atoms with Crippen molar-refractivity contribution in [2.24, 2.45) is 11.8 Å². The summed E-state index contributed by atoms with van der Waals surface area (Å²) in [6.45, 7) is 4.36. The lowest BCUT2D eigenvalue weighted by Gasteiger charge is -1.98. The molecule has 11 heavy (non-hydrogen) atoms. The molecular weight excluding hydrogens is 158 g/mol. The van der Waals surface area contributed by atoms with Crippen molar-refractivity contribution in [3.63, 3.8) is 0 Å². The van der Waals surface area contributed by atoms with Crippen LogP contribution in [0.2, 0.25) is 0 Å². The summed E-state index contributed by atoms with van der Waals surface area (Å²) in [5.74, 6) is 6.62. The molecule has 1 rings (SSSR count). The minimum Gasteiger partial charge on any atom is -0.308 e. The van der Waals surface area contributed by atoms with E-state index < -0.39 is 0 Å². The number of nitrogens with two attached hydrogens (primary N) is 1. The smallest absolute Gasteiger partial charge is 0.151 e. The monoisotopic (exact) mass is 171 g/mol. The van der Waals surface area contributed by atoms with E-state index in [0.717, 1.165) is 17.2 Å². The molecule has 1 aromatic heterocycles. The lowest BCUT2D eigenvalue weighted by molar-refractivity contribution is 0.645. The molecule has 0 aliphatic rings. The van der Waals surface area contributed by atoms with Crippen LogP contribution in [0.5, 0.6) is 0 Å². The number of thiazole rings is 1. The summed E-state index contributed by atoms with van der Waals surface area (Å²) in [6, 6.07) is 0. The van der Waals surface area contributed by atoms with Crippen LogP contribution in [0.4, 0.5) is 5.82 Å². The van der Waals surface area contributed by atoms with Gasteiger partial charge in [-0.05, 0) is 5.92 Å². The summed E-state index contributed by atoms with van der Waals surface area (Å²) < 4.78 is 0. The van der Waals surface area contributed by atoms with E-state index in [-0.39, 0.29) is 0 Å². The van der Waals surface area contributed by atoms with Gasteiger partial charge >= 0.3 is 0 Å². The zero-order chi connectivity index (χ0) is 8.27. The van der Waals surface area contributed by atoms with Gasteiger partial charge in [-0.1, -0.05) is 13.8 Å². The van der Waals surface area contributed by atoms with Crippen LogP contribution in [-0.4, -0.2) is 4.98 Å². The number of hydrogen-bond acceptors (Lipinski definition) is 4. The topological polar surface area (TPSA) is 50.9 Å². The largest absolute Gasteiger partial charge is 0.308 e. The van der Waals surface area contributed by atoms with Crippen molar-refractivity contribution in [1.29, 1.82) is 0 Å². The normalized spacial score (nSPS) is 10.5. The molecule has 0 atom stereocenters. The summed E-state index contributed by atoms with van der Waals surface area (Å²) in [7, 11) is 0. The molecule has 3 nitrogen and oxygen atoms in total. The number of hydrazine groups is 1. The van der Waals surface area contributed by atoms with Crippen LogP contribution >= 0.6 is 11.3 Å². The van der Waals surface area contributed by atoms with E-state index in [1.165, 1.54) is 0 Å². The van der Waals surface area contributed by atoms with E-state index in [9.17, 15) is 0 Å². The maximum Gasteiger partial charge on any atom is 0.151 e. The molecule has 0 amide bonds. The van der Waals surface area contributed by atoms with Crippen molar-refractivity contribution in [3.8, 4) is 0 Å². The van der Waals surface area contributed by atoms with Gasteiger partial charge in [-0.2, -0.15) is 0 Å². The Labute approximate surface area is 70.6 Å². The second-order valence-corrected chi connectivity index (χ2v) is 3.81. The highest BCUT2D eigenvalue weighted by Crippen LogP contribution is 2.16. The van der Waals surface area contributed by atoms with Crippen LogP contribution in [-0.2, 0) is 6.42 Å². The first-order chi connectivity index (χ1) is 5.22. The summed E-state index contributed by atoms with van der Waals surface area (Å²) >= 11 is 1.65. The van der Waals surface area contributed by atoms with Gasteiger partial charge in [0.25, 0.3) is 0 Å². The highest BCUT2D eigenvalue weighted by Gasteiger charge is 2.02. The highest BCUT2D eigenvalue weighted by molar-refractivity contribution is 7.10. The van der Waals surface area contributed by atoms with Crippen LogP contribution in [0.3, 0.4) is 0 Å². The minimum atomic E-state index is 0.659. The van der Waals surface area contributed by atoms with Gasteiger partial charge in [0.05, 0.1) is 5.01 Å². The van der Waals surface area contributed by atoms with Crippen molar-refractivity contribution in [2.75, 3.05) is 5.43 Å². The minimum absolute atomic E-state index is 0.659. The summed E-state index contributed by atoms with van der Waals surface area (Å²) in [5, 5.41) is 3.07. The van der Waals surface area contributed by atoms with E-state index in [4.69, 9.17) is 5.84 Å². The van der Waals surface area contributed by atoms with E-state index in [1.54, 1.807) is 11.3 Å². The van der Waals surface area contributed by atoms with Gasteiger partial charge in [0.1, 0.15) is 0 Å². The number of hydrogen-bond donors (Lipinski definition) is 2. The fourth-order valence-electron chi connectivity index (χ4n) is 0.820. The Balaban J connectivity index is 2.58. The first kappa shape index (κ1) is 8.49. The van der Waals surface area contributed by atoms with Crippen LogP contribution in [0, 0.1) is 5.92 Å². The zero-order valence-corrected chi connectivity index (χ0v) is 7.61. The zero-order valence-electron chi connectivity index (χ0n) is 6.79. The molecule has 0 saturated heterocycles. The molecule has 0 unspecified atom stereocenters. The Bertz CT molecular complexity index is 219. The van der Waals surface area contributed by atoms with Crippen LogP contribution in [0.25, 0.3) is 0 Å². The Morgan fingerprint density at radius 2 is 2.45 bits per heavy atom. The van der Waals surface area contributed by atoms with E-state index in [1.807, 2.05) is 5.38 Å². The molecule has 1 heterocycles. The van der Waals surface area contributed by atoms with Crippen LogP contribution in [0.15, 0.2) is 5.38 Å². The molecule has 3 N–H and O–H groups in total. The van der Waals surface area contributed by atoms with Crippen molar-refractivity contribution in [1.82, 2.24) is 4.98 Å². The third kappa shape index (κ3) is 2.48. The van der Waals surface area contributed by atoms with Crippen molar-refractivity contribution in [2.45, 2.75) is 20.3 Å². The molecular formula is C7H13N3S. The first-order valence-corrected chi connectivity index (χ1v) is 4.51. The Hall–Kier alpha value is -0.610. The SMILES string of the molecule is CC(C)Cc1nc(NN)cs1. The van der Waals surface area contributed by atoms with E-state index in [2.05, 4.69) is 24.3 Å². The number of rotatable bonds is 3. The molecule has 0 fully saturated rings. The average Bonchev–Trinajstić information content (AvgIpc) is 2.34. The third-order valence-electron chi connectivity index (χ3n) is 1.28. The van der Waals surface area contributed by atoms with Gasteiger partial charge in [0.2, 0.25) is 0 Å². The molecule has 1 aromatic rings. The fraction of sp³-hybridized carbons (Fsp3) is 0.571. The standard InChI is InChI=1S/C7H13N3S/c1-5(2)3-7-9-6(10-8)4-11-7/h4-5,10H,3,8H2,1-2H3.